The molecule has 2 N–H and O–H groups in total. The molecule has 0 heterocycles. The van der Waals surface area contributed by atoms with E-state index in [0.717, 1.165) is 24.8 Å². The molecule has 3 atom stereocenters. The van der Waals surface area contributed by atoms with Crippen LogP contribution in [0.5, 0.6) is 0 Å². The van der Waals surface area contributed by atoms with Crippen LogP contribution in [0.15, 0.2) is 45.9 Å². The topological polar surface area (TPSA) is 87.6 Å². The number of fused-ring (bicyclic) bond motifs is 2. The van der Waals surface area contributed by atoms with Crippen molar-refractivity contribution in [2.75, 3.05) is 12.0 Å². The van der Waals surface area contributed by atoms with Gasteiger partial charge in [0.1, 0.15) is 6.04 Å². The zero-order valence-corrected chi connectivity index (χ0v) is 17.9. The second-order valence-electron chi connectivity index (χ2n) is 7.45. The van der Waals surface area contributed by atoms with Crippen molar-refractivity contribution in [2.24, 2.45) is 16.9 Å². The highest BCUT2D eigenvalue weighted by molar-refractivity contribution is 7.98. The number of sulfonamides is 1. The van der Waals surface area contributed by atoms with Gasteiger partial charge in [0.15, 0.2) is 0 Å². The number of allylic oxidation sites excluding steroid dienone is 2. The van der Waals surface area contributed by atoms with E-state index in [-0.39, 0.29) is 4.90 Å². The smallest absolute Gasteiger partial charge is 0.258 e. The summed E-state index contributed by atoms with van der Waals surface area (Å²) in [7, 11) is -3.78. The van der Waals surface area contributed by atoms with Crippen molar-refractivity contribution in [1.82, 2.24) is 10.1 Å². The SMILES string of the molecule is CSCC[C@H](NS(=O)(=O)c1ccc(C)cc1)C(=O)N/N=C/C1CC2=CCC1C2. The molecule has 1 saturated carbocycles. The molecule has 0 spiro atoms. The number of amides is 1. The molecule has 2 aliphatic carbocycles. The largest absolute Gasteiger partial charge is 0.271 e. The normalized spacial score (nSPS) is 22.4. The van der Waals surface area contributed by atoms with Gasteiger partial charge in [-0.3, -0.25) is 4.79 Å². The maximum atomic E-state index is 12.6. The number of hydrogen-bond acceptors (Lipinski definition) is 5. The Balaban J connectivity index is 1.62. The van der Waals surface area contributed by atoms with E-state index in [2.05, 4.69) is 21.3 Å². The van der Waals surface area contributed by atoms with E-state index in [0.29, 0.717) is 24.0 Å². The molecule has 152 valence electrons. The number of nitrogens with one attached hydrogen (secondary N) is 2. The third-order valence-electron chi connectivity index (χ3n) is 5.33. The molecule has 8 heteroatoms. The van der Waals surface area contributed by atoms with Crippen LogP contribution in [-0.4, -0.2) is 38.6 Å². The highest BCUT2D eigenvalue weighted by atomic mass is 32.2. The van der Waals surface area contributed by atoms with Crippen molar-refractivity contribution in [2.45, 2.75) is 43.5 Å². The minimum Gasteiger partial charge on any atom is -0.271 e. The maximum Gasteiger partial charge on any atom is 0.258 e. The van der Waals surface area contributed by atoms with E-state index in [1.165, 1.54) is 5.57 Å². The van der Waals surface area contributed by atoms with Crippen LogP contribution in [0.1, 0.15) is 31.2 Å². The van der Waals surface area contributed by atoms with Gasteiger partial charge in [0.2, 0.25) is 10.0 Å². The second-order valence-corrected chi connectivity index (χ2v) is 10.2. The lowest BCUT2D eigenvalue weighted by atomic mass is 9.93. The van der Waals surface area contributed by atoms with E-state index in [4.69, 9.17) is 0 Å². The minimum atomic E-state index is -3.78. The maximum absolute atomic E-state index is 12.6. The Kier molecular flexibility index (Phi) is 6.95. The van der Waals surface area contributed by atoms with Crippen LogP contribution in [0, 0.1) is 18.8 Å². The quantitative estimate of drug-likeness (QED) is 0.365. The Labute approximate surface area is 171 Å². The molecule has 1 fully saturated rings. The highest BCUT2D eigenvalue weighted by Gasteiger charge is 2.33. The third kappa shape index (κ3) is 5.24. The molecule has 0 aromatic heterocycles. The van der Waals surface area contributed by atoms with E-state index in [1.54, 1.807) is 36.0 Å². The summed E-state index contributed by atoms with van der Waals surface area (Å²) < 4.78 is 27.8. The van der Waals surface area contributed by atoms with Crippen molar-refractivity contribution in [1.29, 1.82) is 0 Å². The Morgan fingerprint density at radius 3 is 2.68 bits per heavy atom. The number of nitrogens with zero attached hydrogens (tertiary/aromatic N) is 1. The Bertz CT molecular complexity index is 863. The standard InChI is InChI=1S/C20H27N3O3S2/c1-14-3-7-18(8-4-14)28(25,26)23-19(9-10-27-2)20(24)22-21-13-17-12-15-5-6-16(17)11-15/h3-5,7-8,13,16-17,19,23H,6,9-12H2,1-2H3,(H,22,24)/b21-13+/t16?,17?,19-/m0/s1. The second kappa shape index (κ2) is 9.24. The number of benzene rings is 1. The molecule has 0 aliphatic heterocycles. The average molecular weight is 422 g/mol. The molecule has 0 saturated heterocycles. The van der Waals surface area contributed by atoms with Crippen molar-refractivity contribution in [3.05, 3.63) is 41.5 Å². The Hall–Kier alpha value is -1.64. The fourth-order valence-corrected chi connectivity index (χ4v) is 5.39. The van der Waals surface area contributed by atoms with Crippen LogP contribution in [0.4, 0.5) is 0 Å². The number of aryl methyl sites for hydroxylation is 1. The summed E-state index contributed by atoms with van der Waals surface area (Å²) in [5.41, 5.74) is 4.99. The number of thioether (sulfide) groups is 1. The van der Waals surface area contributed by atoms with Crippen molar-refractivity contribution >= 4 is 33.9 Å². The minimum absolute atomic E-state index is 0.152. The van der Waals surface area contributed by atoms with Gasteiger partial charge >= 0.3 is 0 Å². The molecule has 2 bridgehead atoms. The van der Waals surface area contributed by atoms with Crippen LogP contribution in [-0.2, 0) is 14.8 Å². The van der Waals surface area contributed by atoms with Crippen molar-refractivity contribution in [3.63, 3.8) is 0 Å². The molecule has 2 aliphatic rings. The Morgan fingerprint density at radius 1 is 1.32 bits per heavy atom. The van der Waals surface area contributed by atoms with Gasteiger partial charge in [0.05, 0.1) is 4.90 Å². The van der Waals surface area contributed by atoms with E-state index >= 15 is 0 Å². The summed E-state index contributed by atoms with van der Waals surface area (Å²) in [6.07, 6.45) is 9.66. The average Bonchev–Trinajstić information content (AvgIpc) is 3.28. The number of carbonyl (C=O) groups is 1. The lowest BCUT2D eigenvalue weighted by molar-refractivity contribution is -0.122. The summed E-state index contributed by atoms with van der Waals surface area (Å²) in [6, 6.07) is 5.70. The Morgan fingerprint density at radius 2 is 2.07 bits per heavy atom. The summed E-state index contributed by atoms with van der Waals surface area (Å²) >= 11 is 1.56. The van der Waals surface area contributed by atoms with Crippen molar-refractivity contribution in [3.8, 4) is 0 Å². The molecule has 1 amide bonds. The zero-order chi connectivity index (χ0) is 20.1. The van der Waals surface area contributed by atoms with E-state index < -0.39 is 22.0 Å². The molecule has 28 heavy (non-hydrogen) atoms. The van der Waals surface area contributed by atoms with Gasteiger partial charge in [-0.2, -0.15) is 21.6 Å². The first-order chi connectivity index (χ1) is 13.4. The molecule has 2 unspecified atom stereocenters. The predicted molar refractivity (Wildman–Crippen MR) is 114 cm³/mol. The predicted octanol–water partition coefficient (Wildman–Crippen LogP) is 2.85. The summed E-state index contributed by atoms with van der Waals surface area (Å²) in [6.45, 7) is 1.89. The first-order valence-electron chi connectivity index (χ1n) is 9.48. The third-order valence-corrected chi connectivity index (χ3v) is 7.47. The summed E-state index contributed by atoms with van der Waals surface area (Å²) in [4.78, 5) is 12.7. The van der Waals surface area contributed by atoms with Crippen molar-refractivity contribution < 1.29 is 13.2 Å². The molecule has 1 aromatic rings. The zero-order valence-electron chi connectivity index (χ0n) is 16.2. The molecular formula is C20H27N3O3S2. The fourth-order valence-electron chi connectivity index (χ4n) is 3.68. The first-order valence-corrected chi connectivity index (χ1v) is 12.4. The molecule has 3 rings (SSSR count). The highest BCUT2D eigenvalue weighted by Crippen LogP contribution is 2.43. The molecular weight excluding hydrogens is 394 g/mol. The van der Waals surface area contributed by atoms with Gasteiger partial charge in [-0.1, -0.05) is 29.3 Å². The number of hydrazone groups is 1. The number of hydrogen-bond donors (Lipinski definition) is 2. The van der Waals surface area contributed by atoms with Crippen LogP contribution < -0.4 is 10.1 Å². The van der Waals surface area contributed by atoms with Gasteiger partial charge in [-0.05, 0) is 62.7 Å². The molecule has 0 radical (unpaired) electrons. The van der Waals surface area contributed by atoms with Gasteiger partial charge in [-0.15, -0.1) is 0 Å². The molecule has 6 nitrogen and oxygen atoms in total. The van der Waals surface area contributed by atoms with E-state index in [1.807, 2.05) is 19.4 Å². The van der Waals surface area contributed by atoms with Gasteiger partial charge < -0.3 is 0 Å². The molecule has 1 aromatic carbocycles. The monoisotopic (exact) mass is 421 g/mol. The van der Waals surface area contributed by atoms with Gasteiger partial charge in [-0.25, -0.2) is 13.8 Å². The van der Waals surface area contributed by atoms with Crippen LogP contribution in [0.3, 0.4) is 0 Å². The summed E-state index contributed by atoms with van der Waals surface area (Å²) in [5, 5.41) is 4.12. The van der Waals surface area contributed by atoms with Crippen LogP contribution in [0.25, 0.3) is 0 Å². The van der Waals surface area contributed by atoms with Gasteiger partial charge in [0.25, 0.3) is 5.91 Å². The van der Waals surface area contributed by atoms with E-state index in [9.17, 15) is 13.2 Å². The first kappa shape index (κ1) is 21.1. The van der Waals surface area contributed by atoms with Crippen LogP contribution >= 0.6 is 11.8 Å². The van der Waals surface area contributed by atoms with Gasteiger partial charge in [0, 0.05) is 12.1 Å². The summed E-state index contributed by atoms with van der Waals surface area (Å²) in [5.74, 6) is 1.21. The lowest BCUT2D eigenvalue weighted by Crippen LogP contribution is -2.45. The number of rotatable bonds is 9. The van der Waals surface area contributed by atoms with Crippen LogP contribution in [0.2, 0.25) is 0 Å². The lowest BCUT2D eigenvalue weighted by Gasteiger charge is -2.17. The fraction of sp³-hybridized carbons (Fsp3) is 0.500. The number of carbonyl (C=O) groups excluding carboxylic acids is 1.